The lowest BCUT2D eigenvalue weighted by molar-refractivity contribution is 0.0160. The summed E-state index contributed by atoms with van der Waals surface area (Å²) in [6, 6.07) is 22.5. The number of carbonyl (C=O) groups excluding carboxylic acids is 2. The second kappa shape index (κ2) is 10.3. The zero-order valence-corrected chi connectivity index (χ0v) is 22.2. The van der Waals surface area contributed by atoms with Gasteiger partial charge in [0.05, 0.1) is 18.3 Å². The number of halogens is 1. The largest absolute Gasteiger partial charge is 0.497 e. The Bertz CT molecular complexity index is 1500. The van der Waals surface area contributed by atoms with Crippen LogP contribution in [-0.4, -0.2) is 68.7 Å². The standard InChI is InChI=1S/C29H28ClN5O3/c1-29(2)18-33(27(36)22-9-4-7-20(15-22)21-8-5-12-25(16-21)38-3)13-14-34(29)28(37)26-31-19-35(32-26)24-11-6-10-23(30)17-24/h4-12,15-17,19H,13-14,18H2,1-3H3. The highest BCUT2D eigenvalue weighted by Gasteiger charge is 2.40. The number of hydrogen-bond acceptors (Lipinski definition) is 5. The van der Waals surface area contributed by atoms with Crippen LogP contribution < -0.4 is 4.74 Å². The predicted molar refractivity (Wildman–Crippen MR) is 146 cm³/mol. The molecule has 1 aliphatic rings. The molecule has 38 heavy (non-hydrogen) atoms. The van der Waals surface area contributed by atoms with E-state index in [2.05, 4.69) is 10.1 Å². The first-order valence-corrected chi connectivity index (χ1v) is 12.7. The molecule has 1 fully saturated rings. The van der Waals surface area contributed by atoms with Gasteiger partial charge in [-0.2, -0.15) is 0 Å². The molecule has 1 saturated heterocycles. The number of aromatic nitrogens is 3. The normalized spacial score (nSPS) is 14.8. The summed E-state index contributed by atoms with van der Waals surface area (Å²) in [7, 11) is 1.63. The van der Waals surface area contributed by atoms with Gasteiger partial charge in [-0.15, -0.1) is 5.10 Å². The lowest BCUT2D eigenvalue weighted by Crippen LogP contribution is -2.62. The summed E-state index contributed by atoms with van der Waals surface area (Å²) < 4.78 is 6.87. The van der Waals surface area contributed by atoms with Crippen LogP contribution >= 0.6 is 11.6 Å². The molecule has 8 nitrogen and oxygen atoms in total. The second-order valence-corrected chi connectivity index (χ2v) is 10.2. The Morgan fingerprint density at radius 1 is 0.921 bits per heavy atom. The van der Waals surface area contributed by atoms with E-state index in [0.717, 1.165) is 22.6 Å². The molecule has 2 amide bonds. The third kappa shape index (κ3) is 5.13. The summed E-state index contributed by atoms with van der Waals surface area (Å²) >= 11 is 6.08. The fraction of sp³-hybridized carbons (Fsp3) is 0.241. The summed E-state index contributed by atoms with van der Waals surface area (Å²) in [5.74, 6) is 0.513. The van der Waals surface area contributed by atoms with Crippen molar-refractivity contribution in [3.05, 3.63) is 95.5 Å². The number of piperazine rings is 1. The molecule has 5 rings (SSSR count). The van der Waals surface area contributed by atoms with Crippen molar-refractivity contribution in [2.24, 2.45) is 0 Å². The summed E-state index contributed by atoms with van der Waals surface area (Å²) in [6.07, 6.45) is 1.50. The molecule has 1 aromatic heterocycles. The first kappa shape index (κ1) is 25.5. The van der Waals surface area contributed by atoms with Crippen molar-refractivity contribution < 1.29 is 14.3 Å². The van der Waals surface area contributed by atoms with Gasteiger partial charge in [0.15, 0.2) is 0 Å². The molecule has 2 heterocycles. The number of nitrogens with zero attached hydrogens (tertiary/aromatic N) is 5. The summed E-state index contributed by atoms with van der Waals surface area (Å²) in [5, 5.41) is 4.95. The first-order valence-electron chi connectivity index (χ1n) is 12.3. The smallest absolute Gasteiger partial charge is 0.294 e. The molecule has 0 radical (unpaired) electrons. The predicted octanol–water partition coefficient (Wildman–Crippen LogP) is 4.97. The van der Waals surface area contributed by atoms with Crippen molar-refractivity contribution in [2.45, 2.75) is 19.4 Å². The molecular formula is C29H28ClN5O3. The fourth-order valence-electron chi connectivity index (χ4n) is 4.75. The molecule has 1 aliphatic heterocycles. The Morgan fingerprint density at radius 2 is 1.66 bits per heavy atom. The van der Waals surface area contributed by atoms with Crippen molar-refractivity contribution in [3.63, 3.8) is 0 Å². The topological polar surface area (TPSA) is 80.6 Å². The van der Waals surface area contributed by atoms with Crippen molar-refractivity contribution >= 4 is 23.4 Å². The van der Waals surface area contributed by atoms with E-state index in [-0.39, 0.29) is 17.6 Å². The molecule has 4 aromatic rings. The lowest BCUT2D eigenvalue weighted by atomic mass is 9.97. The Hall–Kier alpha value is -4.17. The van der Waals surface area contributed by atoms with Crippen LogP contribution in [0.3, 0.4) is 0 Å². The van der Waals surface area contributed by atoms with Gasteiger partial charge in [-0.1, -0.05) is 41.9 Å². The van der Waals surface area contributed by atoms with Crippen LogP contribution in [0.2, 0.25) is 5.02 Å². The van der Waals surface area contributed by atoms with Gasteiger partial charge < -0.3 is 14.5 Å². The van der Waals surface area contributed by atoms with E-state index < -0.39 is 5.54 Å². The quantitative estimate of drug-likeness (QED) is 0.364. The maximum Gasteiger partial charge on any atom is 0.294 e. The molecule has 0 spiro atoms. The Kier molecular flexibility index (Phi) is 6.91. The van der Waals surface area contributed by atoms with Gasteiger partial charge in [0.1, 0.15) is 12.1 Å². The first-order chi connectivity index (χ1) is 18.2. The van der Waals surface area contributed by atoms with Crippen molar-refractivity contribution in [3.8, 4) is 22.6 Å². The minimum atomic E-state index is -0.614. The fourth-order valence-corrected chi connectivity index (χ4v) is 4.93. The van der Waals surface area contributed by atoms with Gasteiger partial charge in [0.2, 0.25) is 5.82 Å². The molecule has 0 aliphatic carbocycles. The average molecular weight is 530 g/mol. The third-order valence-electron chi connectivity index (χ3n) is 6.70. The Balaban J connectivity index is 1.30. The van der Waals surface area contributed by atoms with Gasteiger partial charge in [-0.3, -0.25) is 9.59 Å². The van der Waals surface area contributed by atoms with E-state index in [9.17, 15) is 9.59 Å². The molecule has 0 N–H and O–H groups in total. The van der Waals surface area contributed by atoms with Crippen molar-refractivity contribution in [1.82, 2.24) is 24.6 Å². The average Bonchev–Trinajstić information content (AvgIpc) is 3.42. The van der Waals surface area contributed by atoms with E-state index in [1.165, 1.54) is 11.0 Å². The van der Waals surface area contributed by atoms with Crippen molar-refractivity contribution in [1.29, 1.82) is 0 Å². The highest BCUT2D eigenvalue weighted by Crippen LogP contribution is 2.27. The maximum atomic E-state index is 13.5. The number of amides is 2. The number of carbonyl (C=O) groups is 2. The van der Waals surface area contributed by atoms with Gasteiger partial charge in [-0.05, 0) is 67.4 Å². The summed E-state index contributed by atoms with van der Waals surface area (Å²) in [6.45, 7) is 5.07. The van der Waals surface area contributed by atoms with Crippen LogP contribution in [0.25, 0.3) is 16.8 Å². The van der Waals surface area contributed by atoms with Gasteiger partial charge in [-0.25, -0.2) is 9.67 Å². The number of rotatable bonds is 5. The number of hydrogen-bond donors (Lipinski definition) is 0. The van der Waals surface area contributed by atoms with E-state index in [0.29, 0.717) is 30.2 Å². The minimum Gasteiger partial charge on any atom is -0.497 e. The second-order valence-electron chi connectivity index (χ2n) is 9.80. The molecule has 194 valence electrons. The van der Waals surface area contributed by atoms with Gasteiger partial charge >= 0.3 is 0 Å². The highest BCUT2D eigenvalue weighted by atomic mass is 35.5. The Labute approximate surface area is 226 Å². The monoisotopic (exact) mass is 529 g/mol. The summed E-state index contributed by atoms with van der Waals surface area (Å²) in [4.78, 5) is 34.6. The Morgan fingerprint density at radius 3 is 2.39 bits per heavy atom. The van der Waals surface area contributed by atoms with E-state index >= 15 is 0 Å². The number of methoxy groups -OCH3 is 1. The van der Waals surface area contributed by atoms with Crippen LogP contribution in [0.15, 0.2) is 79.1 Å². The molecular weight excluding hydrogens is 502 g/mol. The van der Waals surface area contributed by atoms with E-state index in [1.54, 1.807) is 29.0 Å². The maximum absolute atomic E-state index is 13.5. The van der Waals surface area contributed by atoms with Gasteiger partial charge in [0.25, 0.3) is 11.8 Å². The third-order valence-corrected chi connectivity index (χ3v) is 6.94. The lowest BCUT2D eigenvalue weighted by Gasteiger charge is -2.46. The summed E-state index contributed by atoms with van der Waals surface area (Å²) in [5.41, 5.74) is 2.61. The molecule has 0 saturated carbocycles. The zero-order valence-electron chi connectivity index (χ0n) is 21.5. The van der Waals surface area contributed by atoms with Gasteiger partial charge in [0, 0.05) is 30.2 Å². The van der Waals surface area contributed by atoms with E-state index in [4.69, 9.17) is 16.3 Å². The number of ether oxygens (including phenoxy) is 1. The SMILES string of the molecule is COc1cccc(-c2cccc(C(=O)N3CCN(C(=O)c4ncn(-c5cccc(Cl)c5)n4)C(C)(C)C3)c2)c1. The van der Waals surface area contributed by atoms with Crippen LogP contribution in [0.4, 0.5) is 0 Å². The molecule has 9 heteroatoms. The van der Waals surface area contributed by atoms with Crippen LogP contribution in [0.1, 0.15) is 34.8 Å². The van der Waals surface area contributed by atoms with Crippen molar-refractivity contribution in [2.75, 3.05) is 26.7 Å². The molecule has 0 atom stereocenters. The number of benzene rings is 3. The zero-order chi connectivity index (χ0) is 26.9. The van der Waals surface area contributed by atoms with Crippen LogP contribution in [0, 0.1) is 0 Å². The van der Waals surface area contributed by atoms with Crippen LogP contribution in [-0.2, 0) is 0 Å². The minimum absolute atomic E-state index is 0.0710. The molecule has 0 unspecified atom stereocenters. The van der Waals surface area contributed by atoms with Crippen LogP contribution in [0.5, 0.6) is 5.75 Å². The highest BCUT2D eigenvalue weighted by molar-refractivity contribution is 6.30. The van der Waals surface area contributed by atoms with E-state index in [1.807, 2.05) is 74.5 Å². The molecule has 3 aromatic carbocycles. The molecule has 0 bridgehead atoms.